The molecule has 106 valence electrons. The Balaban J connectivity index is 2.25. The highest BCUT2D eigenvalue weighted by Gasteiger charge is 2.22. The van der Waals surface area contributed by atoms with Crippen LogP contribution in [0.15, 0.2) is 0 Å². The lowest BCUT2D eigenvalue weighted by molar-refractivity contribution is -0.120. The molecule has 1 unspecified atom stereocenters. The van der Waals surface area contributed by atoms with Gasteiger partial charge >= 0.3 is 0 Å². The fourth-order valence-corrected chi connectivity index (χ4v) is 1.96. The third-order valence-corrected chi connectivity index (χ3v) is 3.29. The summed E-state index contributed by atoms with van der Waals surface area (Å²) < 4.78 is 0. The summed E-state index contributed by atoms with van der Waals surface area (Å²) in [5, 5.41) is 6.20. The molecule has 0 spiro atoms. The molecule has 0 aromatic rings. The molecular weight excluding hydrogens is 228 g/mol. The summed E-state index contributed by atoms with van der Waals surface area (Å²) in [5.74, 6) is 0.0755. The monoisotopic (exact) mass is 256 g/mol. The highest BCUT2D eigenvalue weighted by atomic mass is 16.1. The number of hydrogen-bond acceptors (Lipinski definition) is 4. The van der Waals surface area contributed by atoms with Gasteiger partial charge < -0.3 is 15.5 Å². The molecule has 1 fully saturated rings. The molecule has 1 rings (SSSR count). The SMILES string of the molecule is CN1CCN(C)C(CNC(=O)CNC(C)(C)C)C1. The maximum atomic E-state index is 11.7. The van der Waals surface area contributed by atoms with Crippen LogP contribution in [0.3, 0.4) is 0 Å². The average molecular weight is 256 g/mol. The van der Waals surface area contributed by atoms with Crippen molar-refractivity contribution in [2.24, 2.45) is 0 Å². The van der Waals surface area contributed by atoms with Crippen LogP contribution in [0.5, 0.6) is 0 Å². The van der Waals surface area contributed by atoms with E-state index >= 15 is 0 Å². The molecule has 1 saturated heterocycles. The molecule has 0 aromatic heterocycles. The Morgan fingerprint density at radius 2 is 1.94 bits per heavy atom. The molecule has 1 atom stereocenters. The Morgan fingerprint density at radius 3 is 2.56 bits per heavy atom. The van der Waals surface area contributed by atoms with E-state index < -0.39 is 0 Å². The predicted molar refractivity (Wildman–Crippen MR) is 74.7 cm³/mol. The molecule has 1 aliphatic heterocycles. The van der Waals surface area contributed by atoms with Crippen LogP contribution in [-0.2, 0) is 4.79 Å². The van der Waals surface area contributed by atoms with Gasteiger partial charge in [0.15, 0.2) is 0 Å². The molecule has 1 heterocycles. The molecule has 0 bridgehead atoms. The van der Waals surface area contributed by atoms with Crippen molar-refractivity contribution in [3.8, 4) is 0 Å². The quantitative estimate of drug-likeness (QED) is 0.727. The molecule has 1 amide bonds. The normalized spacial score (nSPS) is 23.1. The van der Waals surface area contributed by atoms with E-state index in [-0.39, 0.29) is 11.4 Å². The zero-order valence-electron chi connectivity index (χ0n) is 12.4. The van der Waals surface area contributed by atoms with Crippen LogP contribution >= 0.6 is 0 Å². The van der Waals surface area contributed by atoms with Gasteiger partial charge in [-0.3, -0.25) is 9.69 Å². The number of nitrogens with zero attached hydrogens (tertiary/aromatic N) is 2. The standard InChI is InChI=1S/C13H28N4O/c1-13(2,3)15-9-12(18)14-8-11-10-16(4)6-7-17(11)5/h11,15H,6-10H2,1-5H3,(H,14,18). The molecule has 0 radical (unpaired) electrons. The number of rotatable bonds is 4. The second kappa shape index (κ2) is 6.50. The van der Waals surface area contributed by atoms with Crippen LogP contribution in [-0.4, -0.2) is 74.1 Å². The first-order valence-corrected chi connectivity index (χ1v) is 6.68. The van der Waals surface area contributed by atoms with Crippen molar-refractivity contribution >= 4 is 5.91 Å². The first kappa shape index (κ1) is 15.4. The maximum Gasteiger partial charge on any atom is 0.234 e. The van der Waals surface area contributed by atoms with Gasteiger partial charge in [0, 0.05) is 37.8 Å². The number of amides is 1. The summed E-state index contributed by atoms with van der Waals surface area (Å²) >= 11 is 0. The third-order valence-electron chi connectivity index (χ3n) is 3.29. The van der Waals surface area contributed by atoms with Crippen LogP contribution < -0.4 is 10.6 Å². The van der Waals surface area contributed by atoms with Crippen molar-refractivity contribution in [1.82, 2.24) is 20.4 Å². The highest BCUT2D eigenvalue weighted by molar-refractivity contribution is 5.78. The molecule has 5 heteroatoms. The summed E-state index contributed by atoms with van der Waals surface area (Å²) in [6.07, 6.45) is 0. The fourth-order valence-electron chi connectivity index (χ4n) is 1.96. The van der Waals surface area contributed by atoms with Crippen LogP contribution in [0.4, 0.5) is 0 Å². The predicted octanol–water partition coefficient (Wildman–Crippen LogP) is -0.263. The number of carbonyl (C=O) groups excluding carboxylic acids is 1. The van der Waals surface area contributed by atoms with Gasteiger partial charge in [-0.1, -0.05) is 0 Å². The average Bonchev–Trinajstić information content (AvgIpc) is 2.26. The molecule has 18 heavy (non-hydrogen) atoms. The van der Waals surface area contributed by atoms with E-state index in [0.717, 1.165) is 26.2 Å². The minimum Gasteiger partial charge on any atom is -0.353 e. The molecule has 2 N–H and O–H groups in total. The van der Waals surface area contributed by atoms with Gasteiger partial charge in [-0.05, 0) is 34.9 Å². The van der Waals surface area contributed by atoms with Gasteiger partial charge in [-0.2, -0.15) is 0 Å². The molecule has 0 aromatic carbocycles. The maximum absolute atomic E-state index is 11.7. The first-order valence-electron chi connectivity index (χ1n) is 6.68. The first-order chi connectivity index (χ1) is 8.28. The Bertz CT molecular complexity index is 275. The van der Waals surface area contributed by atoms with E-state index in [1.54, 1.807) is 0 Å². The zero-order valence-corrected chi connectivity index (χ0v) is 12.4. The summed E-state index contributed by atoms with van der Waals surface area (Å²) in [4.78, 5) is 16.3. The van der Waals surface area contributed by atoms with Crippen molar-refractivity contribution < 1.29 is 4.79 Å². The Labute approximate surface area is 111 Å². The van der Waals surface area contributed by atoms with E-state index in [1.165, 1.54) is 0 Å². The number of nitrogens with one attached hydrogen (secondary N) is 2. The lowest BCUT2D eigenvalue weighted by Crippen LogP contribution is -2.55. The topological polar surface area (TPSA) is 47.6 Å². The van der Waals surface area contributed by atoms with Crippen LogP contribution in [0.1, 0.15) is 20.8 Å². The van der Waals surface area contributed by atoms with Crippen molar-refractivity contribution in [2.45, 2.75) is 32.4 Å². The van der Waals surface area contributed by atoms with Gasteiger partial charge in [0.25, 0.3) is 0 Å². The largest absolute Gasteiger partial charge is 0.353 e. The van der Waals surface area contributed by atoms with Gasteiger partial charge in [0.1, 0.15) is 0 Å². The van der Waals surface area contributed by atoms with E-state index in [4.69, 9.17) is 0 Å². The molecule has 0 saturated carbocycles. The molecule has 5 nitrogen and oxygen atoms in total. The van der Waals surface area contributed by atoms with Gasteiger partial charge in [0.05, 0.1) is 6.54 Å². The summed E-state index contributed by atoms with van der Waals surface area (Å²) in [6, 6.07) is 0.419. The summed E-state index contributed by atoms with van der Waals surface area (Å²) in [7, 11) is 4.25. The van der Waals surface area contributed by atoms with Gasteiger partial charge in [-0.25, -0.2) is 0 Å². The summed E-state index contributed by atoms with van der Waals surface area (Å²) in [6.45, 7) is 10.5. The second-order valence-corrected chi connectivity index (χ2v) is 6.30. The zero-order chi connectivity index (χ0) is 13.8. The summed E-state index contributed by atoms with van der Waals surface area (Å²) in [5.41, 5.74) is -0.0147. The fraction of sp³-hybridized carbons (Fsp3) is 0.923. The van der Waals surface area contributed by atoms with Crippen molar-refractivity contribution in [3.63, 3.8) is 0 Å². The van der Waals surface area contributed by atoms with Crippen molar-refractivity contribution in [2.75, 3.05) is 46.8 Å². The van der Waals surface area contributed by atoms with Crippen LogP contribution in [0, 0.1) is 0 Å². The van der Waals surface area contributed by atoms with E-state index in [1.807, 2.05) is 0 Å². The molecule has 0 aliphatic carbocycles. The number of likely N-dealkylation sites (N-methyl/N-ethyl adjacent to an activating group) is 2. The van der Waals surface area contributed by atoms with Crippen molar-refractivity contribution in [1.29, 1.82) is 0 Å². The van der Waals surface area contributed by atoms with E-state index in [9.17, 15) is 4.79 Å². The smallest absolute Gasteiger partial charge is 0.234 e. The highest BCUT2D eigenvalue weighted by Crippen LogP contribution is 2.04. The lowest BCUT2D eigenvalue weighted by atomic mass is 10.1. The lowest BCUT2D eigenvalue weighted by Gasteiger charge is -2.37. The minimum absolute atomic E-state index is 0.0147. The Hall–Kier alpha value is -0.650. The number of hydrogen-bond donors (Lipinski definition) is 2. The third kappa shape index (κ3) is 5.80. The van der Waals surface area contributed by atoms with Crippen LogP contribution in [0.25, 0.3) is 0 Å². The van der Waals surface area contributed by atoms with Gasteiger partial charge in [0.2, 0.25) is 5.91 Å². The number of carbonyl (C=O) groups is 1. The van der Waals surface area contributed by atoms with Gasteiger partial charge in [-0.15, -0.1) is 0 Å². The second-order valence-electron chi connectivity index (χ2n) is 6.30. The Morgan fingerprint density at radius 1 is 1.28 bits per heavy atom. The Kier molecular flexibility index (Phi) is 5.56. The van der Waals surface area contributed by atoms with Crippen LogP contribution in [0.2, 0.25) is 0 Å². The van der Waals surface area contributed by atoms with E-state index in [2.05, 4.69) is 55.3 Å². The molecular formula is C13H28N4O. The minimum atomic E-state index is -0.0147. The van der Waals surface area contributed by atoms with E-state index in [0.29, 0.717) is 12.6 Å². The number of piperazine rings is 1. The molecule has 1 aliphatic rings. The van der Waals surface area contributed by atoms with Crippen molar-refractivity contribution in [3.05, 3.63) is 0 Å².